The molecule has 0 aromatic heterocycles. The van der Waals surface area contributed by atoms with Crippen LogP contribution in [0.15, 0.2) is 29.2 Å². The molecule has 1 amide bonds. The van der Waals surface area contributed by atoms with E-state index in [1.54, 1.807) is 18.2 Å². The van der Waals surface area contributed by atoms with E-state index in [4.69, 9.17) is 0 Å². The van der Waals surface area contributed by atoms with Gasteiger partial charge in [-0.2, -0.15) is 8.78 Å². The first kappa shape index (κ1) is 16.2. The van der Waals surface area contributed by atoms with Crippen LogP contribution in [0.1, 0.15) is 29.6 Å². The van der Waals surface area contributed by atoms with Crippen molar-refractivity contribution in [2.24, 2.45) is 11.8 Å². The lowest BCUT2D eigenvalue weighted by molar-refractivity contribution is 0.0935. The van der Waals surface area contributed by atoms with Gasteiger partial charge in [-0.1, -0.05) is 30.3 Å². The summed E-state index contributed by atoms with van der Waals surface area (Å²) in [6, 6.07) is 6.38. The number of aliphatic hydroxyl groups is 1. The maximum atomic E-state index is 12.5. The van der Waals surface area contributed by atoms with E-state index in [0.29, 0.717) is 18.3 Å². The van der Waals surface area contributed by atoms with E-state index in [-0.39, 0.29) is 34.8 Å². The van der Waals surface area contributed by atoms with Crippen molar-refractivity contribution < 1.29 is 18.7 Å². The van der Waals surface area contributed by atoms with Gasteiger partial charge in [0, 0.05) is 18.0 Å². The fourth-order valence-electron chi connectivity index (χ4n) is 2.79. The van der Waals surface area contributed by atoms with Crippen LogP contribution >= 0.6 is 11.8 Å². The molecule has 0 spiro atoms. The molecule has 2 rings (SSSR count). The number of thioether (sulfide) groups is 1. The molecule has 1 aliphatic carbocycles. The SMILES string of the molecule is O=C(NCC1CCCC1CO)c1ccccc1SC(F)F. The van der Waals surface area contributed by atoms with E-state index in [9.17, 15) is 18.7 Å². The van der Waals surface area contributed by atoms with Crippen molar-refractivity contribution >= 4 is 17.7 Å². The molecule has 0 radical (unpaired) electrons. The standard InChI is InChI=1S/C15H19F2NO2S/c16-15(17)21-13-7-2-1-6-12(13)14(20)18-8-10-4-3-5-11(10)9-19/h1-2,6-7,10-11,15,19H,3-5,8-9H2,(H,18,20). The Balaban J connectivity index is 1.97. The van der Waals surface area contributed by atoms with E-state index in [0.717, 1.165) is 19.3 Å². The Morgan fingerprint density at radius 3 is 2.76 bits per heavy atom. The number of alkyl halides is 2. The van der Waals surface area contributed by atoms with Crippen molar-refractivity contribution in [1.29, 1.82) is 0 Å². The number of hydrogen-bond donors (Lipinski definition) is 2. The molecular formula is C15H19F2NO2S. The van der Waals surface area contributed by atoms with Gasteiger partial charge in [0.15, 0.2) is 0 Å². The quantitative estimate of drug-likeness (QED) is 0.793. The van der Waals surface area contributed by atoms with Crippen molar-refractivity contribution in [3.05, 3.63) is 29.8 Å². The summed E-state index contributed by atoms with van der Waals surface area (Å²) < 4.78 is 25.0. The average molecular weight is 315 g/mol. The zero-order valence-corrected chi connectivity index (χ0v) is 12.4. The van der Waals surface area contributed by atoms with Crippen molar-refractivity contribution in [1.82, 2.24) is 5.32 Å². The molecule has 1 fully saturated rings. The summed E-state index contributed by atoms with van der Waals surface area (Å²) in [5.74, 6) is -2.38. The minimum Gasteiger partial charge on any atom is -0.396 e. The van der Waals surface area contributed by atoms with Crippen LogP contribution in [0, 0.1) is 11.8 Å². The molecule has 1 aliphatic rings. The van der Waals surface area contributed by atoms with Crippen molar-refractivity contribution in [3.63, 3.8) is 0 Å². The number of carbonyl (C=O) groups is 1. The number of aliphatic hydroxyl groups excluding tert-OH is 1. The molecule has 116 valence electrons. The number of amides is 1. The van der Waals surface area contributed by atoms with Gasteiger partial charge in [-0.25, -0.2) is 0 Å². The number of halogens is 2. The van der Waals surface area contributed by atoms with Crippen LogP contribution in [0.25, 0.3) is 0 Å². The molecule has 2 N–H and O–H groups in total. The fraction of sp³-hybridized carbons (Fsp3) is 0.533. The molecule has 3 nitrogen and oxygen atoms in total. The van der Waals surface area contributed by atoms with E-state index < -0.39 is 5.76 Å². The molecular weight excluding hydrogens is 296 g/mol. The first-order valence-electron chi connectivity index (χ1n) is 7.04. The highest BCUT2D eigenvalue weighted by atomic mass is 32.2. The summed E-state index contributed by atoms with van der Waals surface area (Å²) in [6.45, 7) is 0.621. The zero-order valence-electron chi connectivity index (χ0n) is 11.6. The highest BCUT2D eigenvalue weighted by Gasteiger charge is 2.27. The van der Waals surface area contributed by atoms with Gasteiger partial charge in [-0.15, -0.1) is 0 Å². The fourth-order valence-corrected chi connectivity index (χ4v) is 3.43. The van der Waals surface area contributed by atoms with Crippen LogP contribution in [0.2, 0.25) is 0 Å². The van der Waals surface area contributed by atoms with E-state index in [1.807, 2.05) is 0 Å². The second-order valence-electron chi connectivity index (χ2n) is 5.22. The summed E-state index contributed by atoms with van der Waals surface area (Å²) in [5, 5.41) is 12.1. The van der Waals surface area contributed by atoms with Gasteiger partial charge in [-0.3, -0.25) is 4.79 Å². The molecule has 2 unspecified atom stereocenters. The van der Waals surface area contributed by atoms with Gasteiger partial charge in [0.25, 0.3) is 11.7 Å². The van der Waals surface area contributed by atoms with Crippen LogP contribution < -0.4 is 5.32 Å². The van der Waals surface area contributed by atoms with Crippen LogP contribution in [0.4, 0.5) is 8.78 Å². The van der Waals surface area contributed by atoms with E-state index in [1.165, 1.54) is 6.07 Å². The third-order valence-electron chi connectivity index (χ3n) is 3.92. The van der Waals surface area contributed by atoms with Crippen molar-refractivity contribution in [2.75, 3.05) is 13.2 Å². The highest BCUT2D eigenvalue weighted by molar-refractivity contribution is 7.99. The number of benzene rings is 1. The van der Waals surface area contributed by atoms with Crippen LogP contribution in [0.5, 0.6) is 0 Å². The van der Waals surface area contributed by atoms with Crippen molar-refractivity contribution in [3.8, 4) is 0 Å². The van der Waals surface area contributed by atoms with E-state index in [2.05, 4.69) is 5.32 Å². The first-order chi connectivity index (χ1) is 10.1. The molecule has 21 heavy (non-hydrogen) atoms. The van der Waals surface area contributed by atoms with E-state index >= 15 is 0 Å². The van der Waals surface area contributed by atoms with Crippen LogP contribution in [-0.2, 0) is 0 Å². The Labute approximate surface area is 127 Å². The maximum absolute atomic E-state index is 12.5. The number of nitrogens with one attached hydrogen (secondary N) is 1. The molecule has 1 saturated carbocycles. The number of rotatable bonds is 6. The Kier molecular flexibility index (Phi) is 5.99. The third-order valence-corrected chi connectivity index (χ3v) is 4.71. The predicted octanol–water partition coefficient (Wildman–Crippen LogP) is 3.14. The molecule has 0 saturated heterocycles. The van der Waals surface area contributed by atoms with Gasteiger partial charge >= 0.3 is 0 Å². The normalized spacial score (nSPS) is 21.7. The first-order valence-corrected chi connectivity index (χ1v) is 7.92. The van der Waals surface area contributed by atoms with Crippen LogP contribution in [0.3, 0.4) is 0 Å². The molecule has 0 heterocycles. The molecule has 0 bridgehead atoms. The van der Waals surface area contributed by atoms with Gasteiger partial charge in [-0.05, 0) is 36.8 Å². The number of carbonyl (C=O) groups excluding carboxylic acids is 1. The smallest absolute Gasteiger partial charge is 0.288 e. The molecule has 1 aromatic rings. The summed E-state index contributed by atoms with van der Waals surface area (Å²) >= 11 is 0.382. The zero-order chi connectivity index (χ0) is 15.2. The second-order valence-corrected chi connectivity index (χ2v) is 6.25. The number of hydrogen-bond acceptors (Lipinski definition) is 3. The van der Waals surface area contributed by atoms with Gasteiger partial charge in [0.2, 0.25) is 0 Å². The lowest BCUT2D eigenvalue weighted by Gasteiger charge is -2.18. The van der Waals surface area contributed by atoms with Gasteiger partial charge in [0.05, 0.1) is 5.56 Å². The lowest BCUT2D eigenvalue weighted by atomic mass is 9.97. The molecule has 0 aliphatic heterocycles. The summed E-state index contributed by atoms with van der Waals surface area (Å²) in [5.41, 5.74) is 0.279. The minimum atomic E-state index is -2.55. The Morgan fingerprint density at radius 1 is 1.33 bits per heavy atom. The summed E-state index contributed by atoms with van der Waals surface area (Å²) in [7, 11) is 0. The van der Waals surface area contributed by atoms with Crippen LogP contribution in [-0.4, -0.2) is 29.9 Å². The van der Waals surface area contributed by atoms with Gasteiger partial charge < -0.3 is 10.4 Å². The summed E-state index contributed by atoms with van der Waals surface area (Å²) in [4.78, 5) is 12.5. The Hall–Kier alpha value is -1.14. The Morgan fingerprint density at radius 2 is 2.05 bits per heavy atom. The highest BCUT2D eigenvalue weighted by Crippen LogP contribution is 2.31. The Bertz CT molecular complexity index is 484. The molecule has 2 atom stereocenters. The van der Waals surface area contributed by atoms with Crippen molar-refractivity contribution in [2.45, 2.75) is 29.9 Å². The second kappa shape index (κ2) is 7.75. The largest absolute Gasteiger partial charge is 0.396 e. The third kappa shape index (κ3) is 4.41. The predicted molar refractivity (Wildman–Crippen MR) is 78.6 cm³/mol. The van der Waals surface area contributed by atoms with Gasteiger partial charge in [0.1, 0.15) is 0 Å². The maximum Gasteiger partial charge on any atom is 0.288 e. The molecule has 1 aromatic carbocycles. The monoisotopic (exact) mass is 315 g/mol. The minimum absolute atomic E-state index is 0.137. The lowest BCUT2D eigenvalue weighted by Crippen LogP contribution is -2.32. The summed E-state index contributed by atoms with van der Waals surface area (Å²) in [6.07, 6.45) is 3.03. The topological polar surface area (TPSA) is 49.3 Å². The average Bonchev–Trinajstić information content (AvgIpc) is 2.92. The molecule has 6 heteroatoms.